The number of rotatable bonds is 3. The van der Waals surface area contributed by atoms with E-state index in [0.29, 0.717) is 19.5 Å². The molecule has 1 atom stereocenters. The van der Waals surface area contributed by atoms with E-state index in [2.05, 4.69) is 4.98 Å². The number of amides is 1. The van der Waals surface area contributed by atoms with E-state index >= 15 is 0 Å². The quantitative estimate of drug-likeness (QED) is 0.942. The highest BCUT2D eigenvalue weighted by Gasteiger charge is 2.27. The molecule has 1 aliphatic rings. The minimum atomic E-state index is -0.815. The normalized spacial score (nSPS) is 18.4. The maximum Gasteiger partial charge on any atom is 0.308 e. The predicted molar refractivity (Wildman–Crippen MR) is 82.4 cm³/mol. The number of carbonyl (C=O) groups excluding carboxylic acids is 1. The lowest BCUT2D eigenvalue weighted by atomic mass is 9.97. The Morgan fingerprint density at radius 2 is 2.14 bits per heavy atom. The highest BCUT2D eigenvalue weighted by atomic mass is 16.4. The number of pyridine rings is 1. The molecule has 22 heavy (non-hydrogen) atoms. The molecule has 3 rings (SSSR count). The van der Waals surface area contributed by atoms with Crippen LogP contribution in [0.15, 0.2) is 36.5 Å². The fourth-order valence-corrected chi connectivity index (χ4v) is 2.90. The van der Waals surface area contributed by atoms with E-state index in [1.54, 1.807) is 11.1 Å². The van der Waals surface area contributed by atoms with E-state index in [1.807, 2.05) is 30.3 Å². The molecular weight excluding hydrogens is 280 g/mol. The number of carboxylic acid groups (broad SMARTS) is 1. The van der Waals surface area contributed by atoms with E-state index < -0.39 is 11.9 Å². The molecular formula is C17H18N2O3. The summed E-state index contributed by atoms with van der Waals surface area (Å²) < 4.78 is 0. The molecule has 5 heteroatoms. The molecule has 0 spiro atoms. The number of nitrogens with zero attached hydrogens (tertiary/aromatic N) is 2. The molecule has 1 aromatic heterocycles. The highest BCUT2D eigenvalue weighted by Crippen LogP contribution is 2.18. The first-order valence-corrected chi connectivity index (χ1v) is 7.48. The predicted octanol–water partition coefficient (Wildman–Crippen LogP) is 2.10. The van der Waals surface area contributed by atoms with Gasteiger partial charge in [0, 0.05) is 24.7 Å². The molecule has 0 saturated carbocycles. The maximum atomic E-state index is 12.4. The zero-order chi connectivity index (χ0) is 15.5. The number of aliphatic carboxylic acids is 1. The topological polar surface area (TPSA) is 70.5 Å². The van der Waals surface area contributed by atoms with Crippen molar-refractivity contribution in [3.05, 3.63) is 42.1 Å². The molecule has 0 bridgehead atoms. The monoisotopic (exact) mass is 298 g/mol. The van der Waals surface area contributed by atoms with Gasteiger partial charge in [0.15, 0.2) is 0 Å². The van der Waals surface area contributed by atoms with Crippen LogP contribution < -0.4 is 0 Å². The Bertz CT molecular complexity index is 714. The summed E-state index contributed by atoms with van der Waals surface area (Å²) in [7, 11) is 0. The fourth-order valence-electron chi connectivity index (χ4n) is 2.90. The third-order valence-electron chi connectivity index (χ3n) is 4.13. The Labute approximate surface area is 128 Å². The SMILES string of the molecule is O=C(O)C1CCCN(C(=O)Cc2cnc3ccccc3c2)C1. The van der Waals surface area contributed by atoms with E-state index in [9.17, 15) is 9.59 Å². The summed E-state index contributed by atoms with van der Waals surface area (Å²) in [5.74, 6) is -1.28. The van der Waals surface area contributed by atoms with Crippen LogP contribution in [0.4, 0.5) is 0 Å². The van der Waals surface area contributed by atoms with Crippen LogP contribution in [-0.4, -0.2) is 40.0 Å². The first-order valence-electron chi connectivity index (χ1n) is 7.48. The Morgan fingerprint density at radius 3 is 2.95 bits per heavy atom. The molecule has 1 N–H and O–H groups in total. The van der Waals surface area contributed by atoms with Crippen molar-refractivity contribution in [1.29, 1.82) is 0 Å². The van der Waals surface area contributed by atoms with Gasteiger partial charge in [0.25, 0.3) is 0 Å². The van der Waals surface area contributed by atoms with Crippen LogP contribution in [0.2, 0.25) is 0 Å². The van der Waals surface area contributed by atoms with Crippen LogP contribution in [0.3, 0.4) is 0 Å². The third kappa shape index (κ3) is 3.08. The zero-order valence-corrected chi connectivity index (χ0v) is 12.2. The molecule has 114 valence electrons. The van der Waals surface area contributed by atoms with E-state index in [4.69, 9.17) is 5.11 Å². The minimum absolute atomic E-state index is 0.0250. The number of hydrogen-bond acceptors (Lipinski definition) is 3. The van der Waals surface area contributed by atoms with Gasteiger partial charge in [-0.2, -0.15) is 0 Å². The van der Waals surface area contributed by atoms with Crippen molar-refractivity contribution < 1.29 is 14.7 Å². The number of fused-ring (bicyclic) bond motifs is 1. The van der Waals surface area contributed by atoms with Gasteiger partial charge in [0.05, 0.1) is 17.9 Å². The standard InChI is InChI=1S/C17H18N2O3/c20-16(19-7-3-5-14(11-19)17(21)22)9-12-8-13-4-1-2-6-15(13)18-10-12/h1-2,4,6,8,10,14H,3,5,7,9,11H2,(H,21,22). The second kappa shape index (κ2) is 6.13. The lowest BCUT2D eigenvalue weighted by Gasteiger charge is -2.30. The molecule has 2 heterocycles. The van der Waals surface area contributed by atoms with E-state index in [-0.39, 0.29) is 12.3 Å². The van der Waals surface area contributed by atoms with Gasteiger partial charge >= 0.3 is 5.97 Å². The van der Waals surface area contributed by atoms with Gasteiger partial charge in [-0.15, -0.1) is 0 Å². The maximum absolute atomic E-state index is 12.4. The van der Waals surface area contributed by atoms with Crippen LogP contribution in [0, 0.1) is 5.92 Å². The molecule has 0 radical (unpaired) electrons. The van der Waals surface area contributed by atoms with Crippen molar-refractivity contribution in [1.82, 2.24) is 9.88 Å². The molecule has 1 aliphatic heterocycles. The van der Waals surface area contributed by atoms with Gasteiger partial charge < -0.3 is 10.0 Å². The average Bonchev–Trinajstić information content (AvgIpc) is 2.55. The Balaban J connectivity index is 1.71. The molecule has 5 nitrogen and oxygen atoms in total. The molecule has 1 amide bonds. The summed E-state index contributed by atoms with van der Waals surface area (Å²) in [6.45, 7) is 0.957. The second-order valence-electron chi connectivity index (χ2n) is 5.73. The highest BCUT2D eigenvalue weighted by molar-refractivity contribution is 5.83. The number of carboxylic acids is 1. The molecule has 0 aliphatic carbocycles. The first kappa shape index (κ1) is 14.5. The summed E-state index contributed by atoms with van der Waals surface area (Å²) in [4.78, 5) is 29.5. The van der Waals surface area contributed by atoms with Gasteiger partial charge in [0.2, 0.25) is 5.91 Å². The first-order chi connectivity index (χ1) is 10.6. The van der Waals surface area contributed by atoms with Crippen molar-refractivity contribution in [2.24, 2.45) is 5.92 Å². The smallest absolute Gasteiger partial charge is 0.308 e. The minimum Gasteiger partial charge on any atom is -0.481 e. The van der Waals surface area contributed by atoms with Crippen molar-refractivity contribution in [2.45, 2.75) is 19.3 Å². The van der Waals surface area contributed by atoms with Crippen LogP contribution in [0.5, 0.6) is 0 Å². The number of piperidine rings is 1. The van der Waals surface area contributed by atoms with E-state index in [0.717, 1.165) is 22.9 Å². The van der Waals surface area contributed by atoms with Crippen LogP contribution in [-0.2, 0) is 16.0 Å². The van der Waals surface area contributed by atoms with Crippen LogP contribution in [0.1, 0.15) is 18.4 Å². The summed E-state index contributed by atoms with van der Waals surface area (Å²) in [5, 5.41) is 10.1. The summed E-state index contributed by atoms with van der Waals surface area (Å²) in [6, 6.07) is 9.75. The Hall–Kier alpha value is -2.43. The fraction of sp³-hybridized carbons (Fsp3) is 0.353. The number of benzene rings is 1. The molecule has 2 aromatic rings. The lowest BCUT2D eigenvalue weighted by molar-refractivity contribution is -0.145. The summed E-state index contributed by atoms with van der Waals surface area (Å²) >= 11 is 0. The number of carbonyl (C=O) groups is 2. The second-order valence-corrected chi connectivity index (χ2v) is 5.73. The molecule has 1 aromatic carbocycles. The number of aromatic nitrogens is 1. The van der Waals surface area contributed by atoms with Gasteiger partial charge in [-0.05, 0) is 30.5 Å². The molecule has 1 fully saturated rings. The Kier molecular flexibility index (Phi) is 4.04. The Morgan fingerprint density at radius 1 is 1.32 bits per heavy atom. The third-order valence-corrected chi connectivity index (χ3v) is 4.13. The largest absolute Gasteiger partial charge is 0.481 e. The van der Waals surface area contributed by atoms with Gasteiger partial charge in [-0.25, -0.2) is 0 Å². The summed E-state index contributed by atoms with van der Waals surface area (Å²) in [5.41, 5.74) is 1.77. The average molecular weight is 298 g/mol. The number of para-hydroxylation sites is 1. The van der Waals surface area contributed by atoms with Crippen molar-refractivity contribution in [3.8, 4) is 0 Å². The number of hydrogen-bond donors (Lipinski definition) is 1. The van der Waals surface area contributed by atoms with Crippen molar-refractivity contribution in [2.75, 3.05) is 13.1 Å². The summed E-state index contributed by atoms with van der Waals surface area (Å²) in [6.07, 6.45) is 3.39. The van der Waals surface area contributed by atoms with Gasteiger partial charge in [-0.1, -0.05) is 18.2 Å². The van der Waals surface area contributed by atoms with Crippen molar-refractivity contribution in [3.63, 3.8) is 0 Å². The van der Waals surface area contributed by atoms with Crippen LogP contribution in [0.25, 0.3) is 10.9 Å². The lowest BCUT2D eigenvalue weighted by Crippen LogP contribution is -2.43. The van der Waals surface area contributed by atoms with Gasteiger partial charge in [-0.3, -0.25) is 14.6 Å². The van der Waals surface area contributed by atoms with Crippen molar-refractivity contribution >= 4 is 22.8 Å². The number of likely N-dealkylation sites (tertiary alicyclic amines) is 1. The zero-order valence-electron chi connectivity index (χ0n) is 12.2. The molecule has 1 unspecified atom stereocenters. The van der Waals surface area contributed by atoms with Crippen LogP contribution >= 0.6 is 0 Å². The van der Waals surface area contributed by atoms with E-state index in [1.165, 1.54) is 0 Å². The van der Waals surface area contributed by atoms with Gasteiger partial charge in [0.1, 0.15) is 0 Å². The molecule has 1 saturated heterocycles.